The summed E-state index contributed by atoms with van der Waals surface area (Å²) >= 11 is 0. The Labute approximate surface area is 159 Å². The third kappa shape index (κ3) is 3.21. The predicted octanol–water partition coefficient (Wildman–Crippen LogP) is 3.45. The first-order valence-corrected chi connectivity index (χ1v) is 9.51. The van der Waals surface area contributed by atoms with E-state index < -0.39 is 22.9 Å². The fourth-order valence-corrected chi connectivity index (χ4v) is 5.16. The minimum atomic E-state index is -3.53. The van der Waals surface area contributed by atoms with Crippen LogP contribution in [0.4, 0.5) is 8.78 Å². The Kier molecular flexibility index (Phi) is 4.77. The summed E-state index contributed by atoms with van der Waals surface area (Å²) in [6.07, 6.45) is 2.22. The van der Waals surface area contributed by atoms with E-state index in [2.05, 4.69) is 6.58 Å². The maximum absolute atomic E-state index is 14.7. The van der Waals surface area contributed by atoms with Gasteiger partial charge in [-0.2, -0.15) is 8.78 Å². The van der Waals surface area contributed by atoms with Gasteiger partial charge in [0.25, 0.3) is 0 Å². The van der Waals surface area contributed by atoms with Gasteiger partial charge in [0.15, 0.2) is 5.60 Å². The van der Waals surface area contributed by atoms with Crippen molar-refractivity contribution in [1.82, 2.24) is 0 Å². The number of halogens is 2. The molecule has 0 aromatic carbocycles. The lowest BCUT2D eigenvalue weighted by atomic mass is 9.76. The number of esters is 1. The van der Waals surface area contributed by atoms with Gasteiger partial charge in [0.05, 0.1) is 12.2 Å². The molecule has 1 N–H and O–H groups in total. The zero-order chi connectivity index (χ0) is 20.4. The highest BCUT2D eigenvalue weighted by Crippen LogP contribution is 2.56. The Morgan fingerprint density at radius 1 is 1.22 bits per heavy atom. The number of carbonyl (C=O) groups excluding carboxylic acids is 1. The summed E-state index contributed by atoms with van der Waals surface area (Å²) in [6, 6.07) is 0. The van der Waals surface area contributed by atoms with E-state index in [9.17, 15) is 18.7 Å². The molecule has 27 heavy (non-hydrogen) atoms. The van der Waals surface area contributed by atoms with Crippen molar-refractivity contribution in [3.05, 3.63) is 12.2 Å². The lowest BCUT2D eigenvalue weighted by molar-refractivity contribution is -0.302. The minimum absolute atomic E-state index is 0.0699. The van der Waals surface area contributed by atoms with E-state index in [0.29, 0.717) is 12.0 Å². The summed E-state index contributed by atoms with van der Waals surface area (Å²) < 4.78 is 45.8. The number of hydrogen-bond acceptors (Lipinski definition) is 5. The Bertz CT molecular complexity index is 644. The summed E-state index contributed by atoms with van der Waals surface area (Å²) in [5.41, 5.74) is -2.36. The maximum Gasteiger partial charge on any atom is 0.333 e. The second-order valence-electron chi connectivity index (χ2n) is 9.34. The van der Waals surface area contributed by atoms with Crippen molar-refractivity contribution in [3.8, 4) is 0 Å². The van der Waals surface area contributed by atoms with Crippen molar-refractivity contribution in [2.24, 2.45) is 17.8 Å². The van der Waals surface area contributed by atoms with Gasteiger partial charge in [0.2, 0.25) is 5.79 Å². The van der Waals surface area contributed by atoms with E-state index in [1.807, 2.05) is 13.8 Å². The van der Waals surface area contributed by atoms with Crippen LogP contribution in [0.15, 0.2) is 12.2 Å². The van der Waals surface area contributed by atoms with Gasteiger partial charge >= 0.3 is 11.9 Å². The fourth-order valence-electron chi connectivity index (χ4n) is 5.16. The number of carbonyl (C=O) groups is 1. The van der Waals surface area contributed by atoms with Crippen molar-refractivity contribution in [2.75, 3.05) is 6.61 Å². The molecule has 154 valence electrons. The molecule has 1 heterocycles. The zero-order valence-corrected chi connectivity index (χ0v) is 16.7. The highest BCUT2D eigenvalue weighted by atomic mass is 19.3. The fraction of sp³-hybridized carbons (Fsp3) is 0.850. The van der Waals surface area contributed by atoms with Crippen molar-refractivity contribution >= 4 is 5.97 Å². The van der Waals surface area contributed by atoms with Crippen LogP contribution >= 0.6 is 0 Å². The highest BCUT2D eigenvalue weighted by Gasteiger charge is 2.71. The molecule has 0 aromatic heterocycles. The topological polar surface area (TPSA) is 65.0 Å². The monoisotopic (exact) mass is 388 g/mol. The van der Waals surface area contributed by atoms with Gasteiger partial charge < -0.3 is 19.3 Å². The zero-order valence-electron chi connectivity index (χ0n) is 16.7. The first kappa shape index (κ1) is 20.7. The van der Waals surface area contributed by atoms with Crippen LogP contribution in [-0.4, -0.2) is 46.7 Å². The molecule has 3 aliphatic rings. The molecule has 6 unspecified atom stereocenters. The molecule has 2 aliphatic carbocycles. The number of hydrogen-bond donors (Lipinski definition) is 1. The molecule has 6 atom stereocenters. The lowest BCUT2D eigenvalue weighted by Crippen LogP contribution is -2.59. The molecule has 3 fully saturated rings. The van der Waals surface area contributed by atoms with E-state index in [1.165, 1.54) is 6.92 Å². The molecule has 2 saturated carbocycles. The molecular weight excluding hydrogens is 358 g/mol. The summed E-state index contributed by atoms with van der Waals surface area (Å²) in [6.45, 7) is 10.7. The third-order valence-corrected chi connectivity index (χ3v) is 6.66. The summed E-state index contributed by atoms with van der Waals surface area (Å²) in [7, 11) is 0. The summed E-state index contributed by atoms with van der Waals surface area (Å²) in [4.78, 5) is 11.8. The standard InChI is InChI=1S/C20H30F2O5/c1-11(2)16(23)26-15-9-12-7-13(15)8-14(12)17(3,4)27-18(5)10-25-19(6,24)20(18,21)22/h12-15,24H,1,7-10H2,2-6H3. The normalized spacial score (nSPS) is 43.1. The third-order valence-electron chi connectivity index (χ3n) is 6.66. The van der Waals surface area contributed by atoms with E-state index >= 15 is 0 Å². The Morgan fingerprint density at radius 2 is 1.85 bits per heavy atom. The van der Waals surface area contributed by atoms with Gasteiger partial charge in [-0.05, 0) is 71.6 Å². The summed E-state index contributed by atoms with van der Waals surface area (Å²) in [5, 5.41) is 9.88. The van der Waals surface area contributed by atoms with E-state index in [4.69, 9.17) is 14.2 Å². The Morgan fingerprint density at radius 3 is 2.30 bits per heavy atom. The Balaban J connectivity index is 1.68. The number of rotatable bonds is 5. The predicted molar refractivity (Wildman–Crippen MR) is 94.1 cm³/mol. The number of aliphatic hydroxyl groups is 1. The van der Waals surface area contributed by atoms with Crippen LogP contribution in [0, 0.1) is 17.8 Å². The number of ether oxygens (including phenoxy) is 3. The Hall–Kier alpha value is -1.05. The van der Waals surface area contributed by atoms with Gasteiger partial charge in [-0.15, -0.1) is 0 Å². The van der Waals surface area contributed by atoms with Crippen LogP contribution in [0.3, 0.4) is 0 Å². The van der Waals surface area contributed by atoms with Crippen molar-refractivity contribution in [2.45, 2.75) is 82.9 Å². The molecule has 7 heteroatoms. The molecular formula is C20H30F2O5. The molecule has 1 aliphatic heterocycles. The summed E-state index contributed by atoms with van der Waals surface area (Å²) in [5.74, 6) is -5.93. The van der Waals surface area contributed by atoms with Gasteiger partial charge in [-0.1, -0.05) is 6.58 Å². The van der Waals surface area contributed by atoms with Crippen LogP contribution in [0.5, 0.6) is 0 Å². The molecule has 1 saturated heterocycles. The van der Waals surface area contributed by atoms with Crippen LogP contribution in [0.1, 0.15) is 53.9 Å². The second kappa shape index (κ2) is 6.22. The lowest BCUT2D eigenvalue weighted by Gasteiger charge is -2.45. The smallest absolute Gasteiger partial charge is 0.333 e. The first-order chi connectivity index (χ1) is 12.2. The molecule has 0 amide bonds. The largest absolute Gasteiger partial charge is 0.459 e. The maximum atomic E-state index is 14.7. The molecule has 0 spiro atoms. The number of alkyl halides is 2. The SMILES string of the molecule is C=C(C)C(=O)OC1CC2CC1CC2C(C)(C)OC1(C)COC(C)(O)C1(F)F. The van der Waals surface area contributed by atoms with Crippen molar-refractivity contribution in [3.63, 3.8) is 0 Å². The van der Waals surface area contributed by atoms with Crippen LogP contribution in [-0.2, 0) is 19.0 Å². The van der Waals surface area contributed by atoms with Gasteiger partial charge in [-0.25, -0.2) is 4.79 Å². The van der Waals surface area contributed by atoms with Gasteiger partial charge in [-0.3, -0.25) is 0 Å². The van der Waals surface area contributed by atoms with Crippen molar-refractivity contribution < 1.29 is 32.9 Å². The number of fused-ring (bicyclic) bond motifs is 2. The molecule has 2 bridgehead atoms. The van der Waals surface area contributed by atoms with Crippen LogP contribution in [0.2, 0.25) is 0 Å². The minimum Gasteiger partial charge on any atom is -0.459 e. The molecule has 0 aromatic rings. The van der Waals surface area contributed by atoms with Gasteiger partial charge in [0, 0.05) is 5.57 Å². The van der Waals surface area contributed by atoms with Gasteiger partial charge in [0.1, 0.15) is 6.10 Å². The highest BCUT2D eigenvalue weighted by molar-refractivity contribution is 5.87. The second-order valence-corrected chi connectivity index (χ2v) is 9.34. The average Bonchev–Trinajstić information content (AvgIpc) is 3.16. The van der Waals surface area contributed by atoms with Crippen LogP contribution < -0.4 is 0 Å². The van der Waals surface area contributed by atoms with Crippen LogP contribution in [0.25, 0.3) is 0 Å². The molecule has 3 rings (SSSR count). The average molecular weight is 388 g/mol. The van der Waals surface area contributed by atoms with E-state index in [1.54, 1.807) is 6.92 Å². The quantitative estimate of drug-likeness (QED) is 0.577. The van der Waals surface area contributed by atoms with E-state index in [0.717, 1.165) is 19.8 Å². The molecule has 5 nitrogen and oxygen atoms in total. The molecule has 0 radical (unpaired) electrons. The van der Waals surface area contributed by atoms with E-state index in [-0.39, 0.29) is 36.4 Å². The van der Waals surface area contributed by atoms with Crippen molar-refractivity contribution in [1.29, 1.82) is 0 Å². The first-order valence-electron chi connectivity index (χ1n) is 9.51.